The lowest BCUT2D eigenvalue weighted by molar-refractivity contribution is 0.548. The first-order valence-corrected chi connectivity index (χ1v) is 4.39. The van der Waals surface area contributed by atoms with E-state index in [0.29, 0.717) is 5.92 Å². The Labute approximate surface area is 86.2 Å². The molecule has 1 aromatic heterocycles. The third-order valence-corrected chi connectivity index (χ3v) is 1.58. The molecule has 0 saturated carbocycles. The van der Waals surface area contributed by atoms with Crippen molar-refractivity contribution in [1.82, 2.24) is 10.3 Å². The highest BCUT2D eigenvalue weighted by Gasteiger charge is 1.94. The predicted octanol–water partition coefficient (Wildman–Crippen LogP) is 2.25. The molecule has 0 saturated heterocycles. The molecule has 0 aliphatic rings. The van der Waals surface area contributed by atoms with Gasteiger partial charge in [0.15, 0.2) is 0 Å². The van der Waals surface area contributed by atoms with Crippen LogP contribution in [0.25, 0.3) is 0 Å². The van der Waals surface area contributed by atoms with Crippen LogP contribution in [0.15, 0.2) is 24.4 Å². The van der Waals surface area contributed by atoms with Gasteiger partial charge in [-0.05, 0) is 24.6 Å². The summed E-state index contributed by atoms with van der Waals surface area (Å²) in [6.07, 6.45) is 1.83. The summed E-state index contributed by atoms with van der Waals surface area (Å²) in [5, 5.41) is 3.34. The van der Waals surface area contributed by atoms with Crippen LogP contribution in [0.4, 0.5) is 0 Å². The van der Waals surface area contributed by atoms with E-state index in [2.05, 4.69) is 24.1 Å². The fourth-order valence-corrected chi connectivity index (χ4v) is 0.992. The minimum absolute atomic E-state index is 0. The number of nitrogens with one attached hydrogen (secondary N) is 1. The summed E-state index contributed by atoms with van der Waals surface area (Å²) in [4.78, 5) is 4.21. The summed E-state index contributed by atoms with van der Waals surface area (Å²) in [6.45, 7) is 6.33. The number of pyridine rings is 1. The van der Waals surface area contributed by atoms with Gasteiger partial charge in [0.1, 0.15) is 0 Å². The Hall–Kier alpha value is -0.600. The van der Waals surface area contributed by atoms with Gasteiger partial charge >= 0.3 is 0 Å². The molecule has 0 bridgehead atoms. The number of hydrogen-bond donors (Lipinski definition) is 1. The van der Waals surface area contributed by atoms with Crippen molar-refractivity contribution >= 4 is 12.4 Å². The standard InChI is InChI=1S/C10H16N2.ClH/c1-9(2)7-11-8-10-5-3-4-6-12-10;/h3-6,9,11H,7-8H2,1-2H3;1H. The van der Waals surface area contributed by atoms with Gasteiger partial charge in [-0.3, -0.25) is 4.98 Å². The van der Waals surface area contributed by atoms with Crippen molar-refractivity contribution in [2.75, 3.05) is 6.54 Å². The van der Waals surface area contributed by atoms with E-state index >= 15 is 0 Å². The van der Waals surface area contributed by atoms with Crippen molar-refractivity contribution < 1.29 is 0 Å². The molecular weight excluding hydrogens is 184 g/mol. The maximum absolute atomic E-state index is 4.21. The van der Waals surface area contributed by atoms with E-state index in [0.717, 1.165) is 18.8 Å². The third-order valence-electron chi connectivity index (χ3n) is 1.58. The highest BCUT2D eigenvalue weighted by Crippen LogP contribution is 1.93. The zero-order chi connectivity index (χ0) is 8.81. The van der Waals surface area contributed by atoms with Crippen LogP contribution in [-0.4, -0.2) is 11.5 Å². The minimum atomic E-state index is 0. The van der Waals surface area contributed by atoms with E-state index in [1.54, 1.807) is 0 Å². The molecule has 0 aromatic carbocycles. The van der Waals surface area contributed by atoms with Crippen molar-refractivity contribution in [2.45, 2.75) is 20.4 Å². The Kier molecular flexibility index (Phi) is 6.55. The zero-order valence-corrected chi connectivity index (χ0v) is 8.97. The second kappa shape index (κ2) is 6.87. The average Bonchev–Trinajstić information content (AvgIpc) is 2.05. The maximum atomic E-state index is 4.21. The van der Waals surface area contributed by atoms with Gasteiger partial charge in [0.05, 0.1) is 5.69 Å². The van der Waals surface area contributed by atoms with Crippen molar-refractivity contribution in [1.29, 1.82) is 0 Å². The van der Waals surface area contributed by atoms with Crippen molar-refractivity contribution in [2.24, 2.45) is 5.92 Å². The Balaban J connectivity index is 0.00000144. The molecular formula is C10H17ClN2. The fraction of sp³-hybridized carbons (Fsp3) is 0.500. The van der Waals surface area contributed by atoms with Gasteiger partial charge in [-0.1, -0.05) is 19.9 Å². The summed E-state index contributed by atoms with van der Waals surface area (Å²) in [5.41, 5.74) is 1.11. The number of halogens is 1. The summed E-state index contributed by atoms with van der Waals surface area (Å²) < 4.78 is 0. The second-order valence-electron chi connectivity index (χ2n) is 3.35. The molecule has 0 aliphatic carbocycles. The smallest absolute Gasteiger partial charge is 0.0541 e. The van der Waals surface area contributed by atoms with Crippen LogP contribution in [0.2, 0.25) is 0 Å². The fourth-order valence-electron chi connectivity index (χ4n) is 0.992. The highest BCUT2D eigenvalue weighted by atomic mass is 35.5. The summed E-state index contributed by atoms with van der Waals surface area (Å²) in [5.74, 6) is 0.703. The zero-order valence-electron chi connectivity index (χ0n) is 8.16. The Morgan fingerprint density at radius 1 is 1.38 bits per heavy atom. The normalized spacial score (nSPS) is 9.77. The number of hydrogen-bond acceptors (Lipinski definition) is 2. The van der Waals surface area contributed by atoms with Crippen LogP contribution < -0.4 is 5.32 Å². The highest BCUT2D eigenvalue weighted by molar-refractivity contribution is 5.85. The lowest BCUT2D eigenvalue weighted by Gasteiger charge is -2.05. The molecule has 0 spiro atoms. The molecule has 1 N–H and O–H groups in total. The van der Waals surface area contributed by atoms with Crippen LogP contribution in [0.1, 0.15) is 19.5 Å². The van der Waals surface area contributed by atoms with Gasteiger partial charge in [-0.2, -0.15) is 0 Å². The molecule has 0 fully saturated rings. The first-order chi connectivity index (χ1) is 5.79. The molecule has 3 heteroatoms. The van der Waals surface area contributed by atoms with E-state index in [-0.39, 0.29) is 12.4 Å². The van der Waals surface area contributed by atoms with Crippen LogP contribution in [-0.2, 0) is 6.54 Å². The lowest BCUT2D eigenvalue weighted by atomic mass is 10.2. The van der Waals surface area contributed by atoms with E-state index in [9.17, 15) is 0 Å². The van der Waals surface area contributed by atoms with Gasteiger partial charge in [0.25, 0.3) is 0 Å². The minimum Gasteiger partial charge on any atom is -0.311 e. The summed E-state index contributed by atoms with van der Waals surface area (Å²) in [6, 6.07) is 5.98. The van der Waals surface area contributed by atoms with Gasteiger partial charge in [0.2, 0.25) is 0 Å². The van der Waals surface area contributed by atoms with Crippen LogP contribution in [0.5, 0.6) is 0 Å². The summed E-state index contributed by atoms with van der Waals surface area (Å²) in [7, 11) is 0. The average molecular weight is 201 g/mol. The number of nitrogens with zero attached hydrogens (tertiary/aromatic N) is 1. The molecule has 2 nitrogen and oxygen atoms in total. The van der Waals surface area contributed by atoms with Crippen molar-refractivity contribution in [3.63, 3.8) is 0 Å². The Morgan fingerprint density at radius 3 is 2.69 bits per heavy atom. The molecule has 13 heavy (non-hydrogen) atoms. The van der Waals surface area contributed by atoms with Gasteiger partial charge in [-0.15, -0.1) is 12.4 Å². The molecule has 0 radical (unpaired) electrons. The van der Waals surface area contributed by atoms with Crippen LogP contribution >= 0.6 is 12.4 Å². The number of aromatic nitrogens is 1. The van der Waals surface area contributed by atoms with E-state index < -0.39 is 0 Å². The predicted molar refractivity (Wildman–Crippen MR) is 58.0 cm³/mol. The Bertz CT molecular complexity index is 211. The topological polar surface area (TPSA) is 24.9 Å². The second-order valence-corrected chi connectivity index (χ2v) is 3.35. The molecule has 1 aromatic rings. The van der Waals surface area contributed by atoms with Gasteiger partial charge in [0, 0.05) is 12.7 Å². The Morgan fingerprint density at radius 2 is 2.15 bits per heavy atom. The summed E-state index contributed by atoms with van der Waals surface area (Å²) >= 11 is 0. The molecule has 0 unspecified atom stereocenters. The SMILES string of the molecule is CC(C)CNCc1ccccn1.Cl. The van der Waals surface area contributed by atoms with Crippen LogP contribution in [0.3, 0.4) is 0 Å². The van der Waals surface area contributed by atoms with E-state index in [1.165, 1.54) is 0 Å². The monoisotopic (exact) mass is 200 g/mol. The first-order valence-electron chi connectivity index (χ1n) is 4.39. The molecule has 0 aliphatic heterocycles. The van der Waals surface area contributed by atoms with Gasteiger partial charge in [-0.25, -0.2) is 0 Å². The third kappa shape index (κ3) is 5.61. The van der Waals surface area contributed by atoms with E-state index in [4.69, 9.17) is 0 Å². The van der Waals surface area contributed by atoms with Crippen molar-refractivity contribution in [3.8, 4) is 0 Å². The van der Waals surface area contributed by atoms with Crippen LogP contribution in [0, 0.1) is 5.92 Å². The lowest BCUT2D eigenvalue weighted by Crippen LogP contribution is -2.19. The van der Waals surface area contributed by atoms with E-state index in [1.807, 2.05) is 24.4 Å². The largest absolute Gasteiger partial charge is 0.311 e. The van der Waals surface area contributed by atoms with Gasteiger partial charge < -0.3 is 5.32 Å². The molecule has 1 heterocycles. The molecule has 0 atom stereocenters. The number of rotatable bonds is 4. The first kappa shape index (κ1) is 12.4. The van der Waals surface area contributed by atoms with Crippen molar-refractivity contribution in [3.05, 3.63) is 30.1 Å². The molecule has 74 valence electrons. The molecule has 0 amide bonds. The molecule has 1 rings (SSSR count). The maximum Gasteiger partial charge on any atom is 0.0541 e. The quantitative estimate of drug-likeness (QED) is 0.807.